The molecule has 1 atom stereocenters. The lowest BCUT2D eigenvalue weighted by Gasteiger charge is -2.30. The molecular formula is C27H40N2O5. The number of methoxy groups -OCH3 is 2. The summed E-state index contributed by atoms with van der Waals surface area (Å²) in [4.78, 5) is 4.54. The van der Waals surface area contributed by atoms with E-state index in [0.717, 1.165) is 48.4 Å². The summed E-state index contributed by atoms with van der Waals surface area (Å²) in [5.74, 6) is 3.83. The Balaban J connectivity index is 1.42. The van der Waals surface area contributed by atoms with Crippen molar-refractivity contribution in [3.8, 4) is 23.0 Å². The van der Waals surface area contributed by atoms with Crippen LogP contribution in [0.4, 0.5) is 0 Å². The molecule has 7 nitrogen and oxygen atoms in total. The van der Waals surface area contributed by atoms with Crippen LogP contribution in [0.3, 0.4) is 0 Å². The minimum absolute atomic E-state index is 0.225. The van der Waals surface area contributed by atoms with Crippen molar-refractivity contribution in [1.82, 2.24) is 9.80 Å². The molecule has 2 aromatic rings. The van der Waals surface area contributed by atoms with Gasteiger partial charge in [0.05, 0.1) is 14.2 Å². The lowest BCUT2D eigenvalue weighted by Crippen LogP contribution is -2.35. The first-order chi connectivity index (χ1) is 16.5. The minimum Gasteiger partial charge on any atom is -0.497 e. The minimum atomic E-state index is -0.602. The molecule has 0 aliphatic carbocycles. The molecule has 1 fully saturated rings. The summed E-state index contributed by atoms with van der Waals surface area (Å²) in [5.41, 5.74) is 1.10. The van der Waals surface area contributed by atoms with E-state index in [2.05, 4.69) is 22.8 Å². The second kappa shape index (κ2) is 13.4. The fourth-order valence-electron chi connectivity index (χ4n) is 4.15. The SMILES string of the molecule is COc1ccc(OCC(O)CN(C)Cc2ccc(OCCN3CCC(C)CC3)c(OC)c2)cc1. The molecule has 1 aliphatic rings. The van der Waals surface area contributed by atoms with Gasteiger partial charge >= 0.3 is 0 Å². The van der Waals surface area contributed by atoms with Gasteiger partial charge in [-0.3, -0.25) is 9.80 Å². The summed E-state index contributed by atoms with van der Waals surface area (Å²) < 4.78 is 22.4. The van der Waals surface area contributed by atoms with Gasteiger partial charge < -0.3 is 24.1 Å². The molecule has 0 bridgehead atoms. The average Bonchev–Trinajstić information content (AvgIpc) is 2.85. The van der Waals surface area contributed by atoms with Crippen molar-refractivity contribution >= 4 is 0 Å². The van der Waals surface area contributed by atoms with Crippen LogP contribution in [0.1, 0.15) is 25.3 Å². The molecule has 0 radical (unpaired) electrons. The fraction of sp³-hybridized carbons (Fsp3) is 0.556. The number of likely N-dealkylation sites (tertiary alicyclic amines) is 1. The molecule has 34 heavy (non-hydrogen) atoms. The molecule has 0 amide bonds. The zero-order chi connectivity index (χ0) is 24.3. The van der Waals surface area contributed by atoms with E-state index in [1.165, 1.54) is 12.8 Å². The molecule has 0 spiro atoms. The van der Waals surface area contributed by atoms with Crippen molar-refractivity contribution in [2.24, 2.45) is 5.92 Å². The smallest absolute Gasteiger partial charge is 0.161 e. The lowest BCUT2D eigenvalue weighted by molar-refractivity contribution is 0.0743. The standard InChI is InChI=1S/C27H40N2O5/c1-21-11-13-29(14-12-21)15-16-33-26-10-5-22(17-27(26)32-4)18-28(2)19-23(30)20-34-25-8-6-24(31-3)7-9-25/h5-10,17,21,23,30H,11-16,18-20H2,1-4H3. The van der Waals surface area contributed by atoms with Crippen LogP contribution in [0.15, 0.2) is 42.5 Å². The number of aliphatic hydroxyl groups excluding tert-OH is 1. The molecule has 1 N–H and O–H groups in total. The number of ether oxygens (including phenoxy) is 4. The Kier molecular flexibility index (Phi) is 10.3. The van der Waals surface area contributed by atoms with Crippen molar-refractivity contribution in [2.75, 3.05) is 60.7 Å². The molecule has 1 aliphatic heterocycles. The normalized spacial score (nSPS) is 15.8. The maximum atomic E-state index is 10.4. The molecule has 7 heteroatoms. The summed E-state index contributed by atoms with van der Waals surface area (Å²) in [7, 11) is 5.28. The van der Waals surface area contributed by atoms with Gasteiger partial charge in [-0.25, -0.2) is 0 Å². The van der Waals surface area contributed by atoms with Crippen LogP contribution in [0.25, 0.3) is 0 Å². The first-order valence-electron chi connectivity index (χ1n) is 12.1. The lowest BCUT2D eigenvalue weighted by atomic mass is 9.99. The second-order valence-electron chi connectivity index (χ2n) is 9.19. The number of rotatable bonds is 13. The number of aliphatic hydroxyl groups is 1. The third-order valence-corrected chi connectivity index (χ3v) is 6.25. The number of benzene rings is 2. The highest BCUT2D eigenvalue weighted by Gasteiger charge is 2.16. The first-order valence-corrected chi connectivity index (χ1v) is 12.1. The Labute approximate surface area is 204 Å². The van der Waals surface area contributed by atoms with Crippen LogP contribution in [-0.4, -0.2) is 81.7 Å². The van der Waals surface area contributed by atoms with Crippen molar-refractivity contribution in [1.29, 1.82) is 0 Å². The predicted octanol–water partition coefficient (Wildman–Crippen LogP) is 3.69. The van der Waals surface area contributed by atoms with Crippen molar-refractivity contribution < 1.29 is 24.1 Å². The number of likely N-dealkylation sites (N-methyl/N-ethyl adjacent to an activating group) is 1. The fourth-order valence-corrected chi connectivity index (χ4v) is 4.15. The van der Waals surface area contributed by atoms with Crippen LogP contribution in [-0.2, 0) is 6.54 Å². The van der Waals surface area contributed by atoms with Crippen LogP contribution < -0.4 is 18.9 Å². The Bertz CT molecular complexity index is 853. The highest BCUT2D eigenvalue weighted by atomic mass is 16.5. The van der Waals surface area contributed by atoms with E-state index in [9.17, 15) is 5.11 Å². The summed E-state index contributed by atoms with van der Waals surface area (Å²) in [5, 5.41) is 10.4. The molecule has 0 saturated carbocycles. The largest absolute Gasteiger partial charge is 0.497 e. The molecule has 188 valence electrons. The van der Waals surface area contributed by atoms with Gasteiger partial charge in [0.2, 0.25) is 0 Å². The van der Waals surface area contributed by atoms with Crippen LogP contribution >= 0.6 is 0 Å². The van der Waals surface area contributed by atoms with Crippen molar-refractivity contribution in [3.63, 3.8) is 0 Å². The second-order valence-corrected chi connectivity index (χ2v) is 9.19. The van der Waals surface area contributed by atoms with Crippen LogP contribution in [0, 0.1) is 5.92 Å². The number of piperidine rings is 1. The van der Waals surface area contributed by atoms with Gasteiger partial charge in [0, 0.05) is 19.6 Å². The third kappa shape index (κ3) is 8.38. The summed E-state index contributed by atoms with van der Waals surface area (Å²) in [6, 6.07) is 13.4. The maximum absolute atomic E-state index is 10.4. The quantitative estimate of drug-likeness (QED) is 0.477. The number of hydrogen-bond acceptors (Lipinski definition) is 7. The Morgan fingerprint density at radius 2 is 1.68 bits per heavy atom. The zero-order valence-electron chi connectivity index (χ0n) is 21.0. The Morgan fingerprint density at radius 3 is 2.35 bits per heavy atom. The van der Waals surface area contributed by atoms with Gasteiger partial charge in [0.25, 0.3) is 0 Å². The average molecular weight is 473 g/mol. The third-order valence-electron chi connectivity index (χ3n) is 6.25. The Hall–Kier alpha value is -2.48. The van der Waals surface area contributed by atoms with E-state index in [-0.39, 0.29) is 6.61 Å². The van der Waals surface area contributed by atoms with Crippen molar-refractivity contribution in [2.45, 2.75) is 32.4 Å². The number of hydrogen-bond donors (Lipinski definition) is 1. The zero-order valence-corrected chi connectivity index (χ0v) is 21.0. The van der Waals surface area contributed by atoms with E-state index < -0.39 is 6.10 Å². The van der Waals surface area contributed by atoms with Gasteiger partial charge in [-0.15, -0.1) is 0 Å². The van der Waals surface area contributed by atoms with Crippen molar-refractivity contribution in [3.05, 3.63) is 48.0 Å². The van der Waals surface area contributed by atoms with E-state index in [1.54, 1.807) is 14.2 Å². The molecule has 0 aromatic heterocycles. The van der Waals surface area contributed by atoms with E-state index >= 15 is 0 Å². The van der Waals surface area contributed by atoms with Gasteiger partial charge in [0.15, 0.2) is 11.5 Å². The molecule has 1 saturated heterocycles. The summed E-state index contributed by atoms with van der Waals surface area (Å²) >= 11 is 0. The van der Waals surface area contributed by atoms with E-state index in [0.29, 0.717) is 25.4 Å². The molecule has 1 heterocycles. The molecule has 3 rings (SSSR count). The van der Waals surface area contributed by atoms with Gasteiger partial charge in [-0.2, -0.15) is 0 Å². The first kappa shape index (κ1) is 26.1. The maximum Gasteiger partial charge on any atom is 0.161 e. The molecule has 1 unspecified atom stereocenters. The van der Waals surface area contributed by atoms with Crippen LogP contribution in [0.5, 0.6) is 23.0 Å². The number of nitrogens with zero attached hydrogens (tertiary/aromatic N) is 2. The highest BCUT2D eigenvalue weighted by molar-refractivity contribution is 5.43. The van der Waals surface area contributed by atoms with E-state index in [4.69, 9.17) is 18.9 Å². The van der Waals surface area contributed by atoms with Gasteiger partial charge in [-0.05, 0) is 80.9 Å². The monoisotopic (exact) mass is 472 g/mol. The predicted molar refractivity (Wildman–Crippen MR) is 134 cm³/mol. The summed E-state index contributed by atoms with van der Waals surface area (Å²) in [6.45, 7) is 7.64. The van der Waals surface area contributed by atoms with Crippen LogP contribution in [0.2, 0.25) is 0 Å². The Morgan fingerprint density at radius 1 is 0.971 bits per heavy atom. The molecular weight excluding hydrogens is 432 g/mol. The summed E-state index contributed by atoms with van der Waals surface area (Å²) in [6.07, 6.45) is 1.94. The van der Waals surface area contributed by atoms with Gasteiger partial charge in [-0.1, -0.05) is 13.0 Å². The topological polar surface area (TPSA) is 63.6 Å². The van der Waals surface area contributed by atoms with E-state index in [1.807, 2.05) is 43.4 Å². The van der Waals surface area contributed by atoms with Gasteiger partial charge in [0.1, 0.15) is 30.8 Å². The highest BCUT2D eigenvalue weighted by Crippen LogP contribution is 2.28. The molecule has 2 aromatic carbocycles.